The van der Waals surface area contributed by atoms with E-state index in [0.717, 1.165) is 11.6 Å². The maximum atomic E-state index is 11.9. The van der Waals surface area contributed by atoms with Crippen LogP contribution in [-0.2, 0) is 4.74 Å². The van der Waals surface area contributed by atoms with Crippen LogP contribution < -0.4 is 4.31 Å². The minimum atomic E-state index is -3.15. The third-order valence-electron chi connectivity index (χ3n) is 4.57. The predicted molar refractivity (Wildman–Crippen MR) is 103 cm³/mol. The van der Waals surface area contributed by atoms with Crippen LogP contribution in [0.5, 0.6) is 0 Å². The first-order valence-corrected chi connectivity index (χ1v) is 9.95. The van der Waals surface area contributed by atoms with Crippen molar-refractivity contribution >= 4 is 28.1 Å². The van der Waals surface area contributed by atoms with E-state index in [2.05, 4.69) is 4.74 Å². The molecule has 8 nitrogen and oxygen atoms in total. The molecule has 0 radical (unpaired) electrons. The molecule has 9 heteroatoms. The van der Waals surface area contributed by atoms with Crippen molar-refractivity contribution in [3.8, 4) is 0 Å². The van der Waals surface area contributed by atoms with Crippen LogP contribution in [0, 0.1) is 10.1 Å². The lowest BCUT2D eigenvalue weighted by atomic mass is 9.96. The third kappa shape index (κ3) is 4.05. The molecule has 0 amide bonds. The Hall–Kier alpha value is -2.62. The fraction of sp³-hybridized carbons (Fsp3) is 0.278. The summed E-state index contributed by atoms with van der Waals surface area (Å²) in [7, 11) is -1.97. The van der Waals surface area contributed by atoms with Crippen molar-refractivity contribution < 1.29 is 23.6 Å². The summed E-state index contributed by atoms with van der Waals surface area (Å²) >= 11 is 0. The predicted octanol–water partition coefficient (Wildman–Crippen LogP) is 4.04. The zero-order chi connectivity index (χ0) is 19.6. The van der Waals surface area contributed by atoms with E-state index in [-0.39, 0.29) is 35.2 Å². The lowest BCUT2D eigenvalue weighted by Gasteiger charge is -2.50. The van der Waals surface area contributed by atoms with Gasteiger partial charge in [0.25, 0.3) is 5.69 Å². The highest BCUT2D eigenvalue weighted by molar-refractivity contribution is 8.25. The Kier molecular flexibility index (Phi) is 5.36. The van der Waals surface area contributed by atoms with E-state index < -0.39 is 21.7 Å². The third-order valence-corrected chi connectivity index (χ3v) is 6.42. The van der Waals surface area contributed by atoms with Crippen molar-refractivity contribution in [2.45, 2.75) is 12.3 Å². The molecule has 2 N–H and O–H groups in total. The molecular weight excluding hydrogens is 372 g/mol. The van der Waals surface area contributed by atoms with E-state index in [0.29, 0.717) is 6.42 Å². The largest absolute Gasteiger partial charge is 0.465 e. The number of rotatable bonds is 4. The number of hydrogen-bond acceptors (Lipinski definition) is 7. The Bertz CT molecular complexity index is 858. The molecule has 0 aromatic heterocycles. The van der Waals surface area contributed by atoms with Crippen molar-refractivity contribution in [2.24, 2.45) is 0 Å². The van der Waals surface area contributed by atoms with Crippen LogP contribution in [-0.4, -0.2) is 39.4 Å². The normalized spacial score (nSPS) is 20.0. The summed E-state index contributed by atoms with van der Waals surface area (Å²) in [6, 6.07) is 13.4. The molecule has 1 aliphatic heterocycles. The molecule has 2 aromatic rings. The molecule has 1 saturated heterocycles. The van der Waals surface area contributed by atoms with Crippen LogP contribution in [0.15, 0.2) is 48.5 Å². The first-order chi connectivity index (χ1) is 12.8. The lowest BCUT2D eigenvalue weighted by molar-refractivity contribution is -0.384. The zero-order valence-corrected chi connectivity index (χ0v) is 15.5. The van der Waals surface area contributed by atoms with Crippen LogP contribution in [0.4, 0.5) is 11.4 Å². The number of methoxy groups -OCH3 is 1. The number of hydrogen-bond donors (Lipinski definition) is 2. The van der Waals surface area contributed by atoms with Gasteiger partial charge in [-0.25, -0.2) is 4.79 Å². The molecule has 1 atom stereocenters. The van der Waals surface area contributed by atoms with Gasteiger partial charge >= 0.3 is 5.97 Å². The maximum absolute atomic E-state index is 11.9. The molecule has 1 unspecified atom stereocenters. The lowest BCUT2D eigenvalue weighted by Crippen LogP contribution is -2.38. The summed E-state index contributed by atoms with van der Waals surface area (Å²) in [4.78, 5) is 22.5. The molecule has 3 rings (SSSR count). The standard InChI is InChI=1S/C18H20N2O6S/c1-26-18(21)15-9-16(11-17(10-15)20(22)23)19-12-14(7-8-27(19,24)25)13-5-3-2-4-6-13/h2-6,9-11,14,24-25H,7-8,12H2,1H3. The summed E-state index contributed by atoms with van der Waals surface area (Å²) in [6.07, 6.45) is 0.585. The van der Waals surface area contributed by atoms with Gasteiger partial charge in [0.15, 0.2) is 0 Å². The van der Waals surface area contributed by atoms with Crippen LogP contribution in [0.3, 0.4) is 0 Å². The number of ether oxygens (including phenoxy) is 1. The van der Waals surface area contributed by atoms with Crippen molar-refractivity contribution in [3.05, 3.63) is 69.8 Å². The van der Waals surface area contributed by atoms with E-state index in [1.54, 1.807) is 0 Å². The van der Waals surface area contributed by atoms with Gasteiger partial charge in [-0.05, 0) is 18.1 Å². The molecule has 2 aromatic carbocycles. The number of carbonyl (C=O) groups excluding carboxylic acids is 1. The Balaban J connectivity index is 2.02. The molecular formula is C18H20N2O6S. The summed E-state index contributed by atoms with van der Waals surface area (Å²) in [6.45, 7) is 0.272. The summed E-state index contributed by atoms with van der Waals surface area (Å²) in [5.41, 5.74) is 0.935. The number of benzene rings is 2. The first-order valence-electron chi connectivity index (χ1n) is 8.28. The Morgan fingerprint density at radius 2 is 1.96 bits per heavy atom. The number of anilines is 1. The Morgan fingerprint density at radius 3 is 2.59 bits per heavy atom. The maximum Gasteiger partial charge on any atom is 0.338 e. The van der Waals surface area contributed by atoms with Crippen molar-refractivity contribution in [1.82, 2.24) is 0 Å². The minimum Gasteiger partial charge on any atom is -0.465 e. The van der Waals surface area contributed by atoms with Crippen LogP contribution >= 0.6 is 10.8 Å². The second kappa shape index (κ2) is 7.55. The van der Waals surface area contributed by atoms with Crippen molar-refractivity contribution in [1.29, 1.82) is 0 Å². The topological polar surface area (TPSA) is 113 Å². The average Bonchev–Trinajstić information content (AvgIpc) is 2.67. The highest BCUT2D eigenvalue weighted by Gasteiger charge is 2.34. The van der Waals surface area contributed by atoms with Gasteiger partial charge in [0, 0.05) is 24.6 Å². The number of nitro groups is 1. The number of esters is 1. The quantitative estimate of drug-likeness (QED) is 0.458. The van der Waals surface area contributed by atoms with E-state index in [1.165, 1.54) is 23.5 Å². The molecule has 27 heavy (non-hydrogen) atoms. The fourth-order valence-electron chi connectivity index (χ4n) is 3.17. The summed E-state index contributed by atoms with van der Waals surface area (Å²) in [5.74, 6) is -0.553. The molecule has 0 saturated carbocycles. The number of non-ortho nitro benzene ring substituents is 1. The van der Waals surface area contributed by atoms with E-state index in [4.69, 9.17) is 0 Å². The minimum absolute atomic E-state index is 0.0151. The van der Waals surface area contributed by atoms with Crippen molar-refractivity contribution in [2.75, 3.05) is 23.7 Å². The number of nitro benzene ring substituents is 1. The molecule has 1 fully saturated rings. The van der Waals surface area contributed by atoms with Gasteiger partial charge in [-0.3, -0.25) is 23.5 Å². The van der Waals surface area contributed by atoms with Gasteiger partial charge in [-0.1, -0.05) is 30.3 Å². The number of carbonyl (C=O) groups is 1. The SMILES string of the molecule is COC(=O)c1cc(N2CC(c3ccccc3)CCS2(O)O)cc([N+](=O)[O-])c1. The zero-order valence-electron chi connectivity index (χ0n) is 14.6. The fourth-order valence-corrected chi connectivity index (χ4v) is 4.86. The van der Waals surface area contributed by atoms with Gasteiger partial charge in [-0.15, -0.1) is 10.8 Å². The van der Waals surface area contributed by atoms with Crippen LogP contribution in [0.1, 0.15) is 28.3 Å². The Morgan fingerprint density at radius 1 is 1.26 bits per heavy atom. The second-order valence-electron chi connectivity index (χ2n) is 6.28. The molecule has 1 aliphatic rings. The summed E-state index contributed by atoms with van der Waals surface area (Å²) < 4.78 is 27.1. The summed E-state index contributed by atoms with van der Waals surface area (Å²) in [5, 5.41) is 11.3. The molecule has 144 valence electrons. The van der Waals surface area contributed by atoms with Gasteiger partial charge in [0.1, 0.15) is 0 Å². The highest BCUT2D eigenvalue weighted by Crippen LogP contribution is 2.53. The van der Waals surface area contributed by atoms with E-state index >= 15 is 0 Å². The van der Waals surface area contributed by atoms with Gasteiger partial charge < -0.3 is 4.74 Å². The molecule has 0 spiro atoms. The van der Waals surface area contributed by atoms with Gasteiger partial charge in [0.05, 0.1) is 29.0 Å². The smallest absolute Gasteiger partial charge is 0.338 e. The molecule has 0 bridgehead atoms. The first kappa shape index (κ1) is 19.2. The second-order valence-corrected chi connectivity index (χ2v) is 8.39. The highest BCUT2D eigenvalue weighted by atomic mass is 32.3. The molecule has 1 heterocycles. The monoisotopic (exact) mass is 392 g/mol. The van der Waals surface area contributed by atoms with Gasteiger partial charge in [-0.2, -0.15) is 0 Å². The number of nitrogens with zero attached hydrogens (tertiary/aromatic N) is 2. The van der Waals surface area contributed by atoms with E-state index in [1.807, 2.05) is 30.3 Å². The molecule has 0 aliphatic carbocycles. The average molecular weight is 392 g/mol. The van der Waals surface area contributed by atoms with Crippen LogP contribution in [0.25, 0.3) is 0 Å². The Labute approximate surface area is 158 Å². The van der Waals surface area contributed by atoms with Crippen molar-refractivity contribution in [3.63, 3.8) is 0 Å². The van der Waals surface area contributed by atoms with Crippen LogP contribution in [0.2, 0.25) is 0 Å². The van der Waals surface area contributed by atoms with Gasteiger partial charge in [0.2, 0.25) is 0 Å². The van der Waals surface area contributed by atoms with E-state index in [9.17, 15) is 24.0 Å².